The lowest BCUT2D eigenvalue weighted by Crippen LogP contribution is -2.01. The molecule has 0 saturated carbocycles. The molecule has 0 aliphatic carbocycles. The first-order valence-electron chi connectivity index (χ1n) is 5.50. The summed E-state index contributed by atoms with van der Waals surface area (Å²) in [6.07, 6.45) is -0.547. The summed E-state index contributed by atoms with van der Waals surface area (Å²) in [5.74, 6) is 0. The van der Waals surface area contributed by atoms with Crippen molar-refractivity contribution in [3.8, 4) is 0 Å². The van der Waals surface area contributed by atoms with Gasteiger partial charge in [-0.1, -0.05) is 34.1 Å². The Balaban J connectivity index is 2.47. The second-order valence-corrected chi connectivity index (χ2v) is 6.50. The zero-order chi connectivity index (χ0) is 12.6. The Morgan fingerprint density at radius 2 is 1.88 bits per heavy atom. The summed E-state index contributed by atoms with van der Waals surface area (Å²) in [5, 5.41) is 10.5. The van der Waals surface area contributed by atoms with Gasteiger partial charge in [0.05, 0.1) is 0 Å². The van der Waals surface area contributed by atoms with Gasteiger partial charge in [0.1, 0.15) is 6.10 Å². The highest BCUT2D eigenvalue weighted by Crippen LogP contribution is 2.34. The molecule has 0 amide bonds. The average molecular weight is 311 g/mol. The van der Waals surface area contributed by atoms with E-state index < -0.39 is 6.10 Å². The molecule has 1 unspecified atom stereocenters. The number of aryl methyl sites for hydroxylation is 3. The molecule has 0 saturated heterocycles. The third-order valence-corrected chi connectivity index (χ3v) is 4.96. The smallest absolute Gasteiger partial charge is 0.106 e. The fourth-order valence-electron chi connectivity index (χ4n) is 1.97. The van der Waals surface area contributed by atoms with Gasteiger partial charge in [-0.2, -0.15) is 0 Å². The highest BCUT2D eigenvalue weighted by molar-refractivity contribution is 9.10. The molecule has 1 N–H and O–H groups in total. The number of benzene rings is 1. The van der Waals surface area contributed by atoms with Crippen LogP contribution in [-0.4, -0.2) is 5.11 Å². The van der Waals surface area contributed by atoms with Crippen LogP contribution < -0.4 is 0 Å². The summed E-state index contributed by atoms with van der Waals surface area (Å²) in [5.41, 5.74) is 3.09. The highest BCUT2D eigenvalue weighted by Gasteiger charge is 2.18. The minimum atomic E-state index is -0.547. The van der Waals surface area contributed by atoms with E-state index in [1.165, 1.54) is 9.75 Å². The molecule has 2 rings (SSSR count). The predicted molar refractivity (Wildman–Crippen MR) is 76.7 cm³/mol. The van der Waals surface area contributed by atoms with Crippen molar-refractivity contribution in [2.45, 2.75) is 26.9 Å². The molecule has 1 aromatic heterocycles. The lowest BCUT2D eigenvalue weighted by Gasteiger charge is -2.14. The molecule has 1 nitrogen and oxygen atoms in total. The quantitative estimate of drug-likeness (QED) is 0.864. The van der Waals surface area contributed by atoms with Gasteiger partial charge < -0.3 is 5.11 Å². The van der Waals surface area contributed by atoms with Crippen molar-refractivity contribution < 1.29 is 5.11 Å². The van der Waals surface area contributed by atoms with Crippen LogP contribution in [0, 0.1) is 20.8 Å². The molecular weight excluding hydrogens is 296 g/mol. The van der Waals surface area contributed by atoms with Gasteiger partial charge in [0, 0.05) is 14.2 Å². The van der Waals surface area contributed by atoms with Gasteiger partial charge in [-0.25, -0.2) is 0 Å². The monoisotopic (exact) mass is 310 g/mol. The third-order valence-electron chi connectivity index (χ3n) is 2.89. The van der Waals surface area contributed by atoms with Gasteiger partial charge >= 0.3 is 0 Å². The maximum absolute atomic E-state index is 10.5. The molecule has 1 heterocycles. The van der Waals surface area contributed by atoms with E-state index in [0.29, 0.717) is 0 Å². The van der Waals surface area contributed by atoms with Gasteiger partial charge in [-0.15, -0.1) is 11.3 Å². The van der Waals surface area contributed by atoms with Gasteiger partial charge in [0.15, 0.2) is 0 Å². The van der Waals surface area contributed by atoms with Crippen LogP contribution in [0.2, 0.25) is 0 Å². The topological polar surface area (TPSA) is 20.2 Å². The van der Waals surface area contributed by atoms with Crippen molar-refractivity contribution in [1.29, 1.82) is 0 Å². The number of aliphatic hydroxyl groups excluding tert-OH is 1. The van der Waals surface area contributed by atoms with E-state index in [2.05, 4.69) is 35.8 Å². The maximum Gasteiger partial charge on any atom is 0.106 e. The van der Waals surface area contributed by atoms with Crippen LogP contribution >= 0.6 is 27.3 Å². The van der Waals surface area contributed by atoms with Crippen molar-refractivity contribution in [2.24, 2.45) is 0 Å². The van der Waals surface area contributed by atoms with E-state index >= 15 is 0 Å². The van der Waals surface area contributed by atoms with Crippen LogP contribution in [0.4, 0.5) is 0 Å². The first-order chi connectivity index (χ1) is 8.00. The van der Waals surface area contributed by atoms with Crippen LogP contribution in [0.25, 0.3) is 0 Å². The number of halogens is 1. The van der Waals surface area contributed by atoms with Crippen LogP contribution in [-0.2, 0) is 0 Å². The molecule has 0 radical (unpaired) electrons. The summed E-state index contributed by atoms with van der Waals surface area (Å²) in [7, 11) is 0. The van der Waals surface area contributed by atoms with Crippen molar-refractivity contribution in [2.75, 3.05) is 0 Å². The Kier molecular flexibility index (Phi) is 3.71. The standard InChI is InChI=1S/C14H15BrOS/c1-8-5-4-6-11(13(8)15)14(16)12-7-9(2)17-10(12)3/h4-7,14,16H,1-3H3. The predicted octanol–water partition coefficient (Wildman–Crippen LogP) is 4.52. The minimum absolute atomic E-state index is 0.547. The zero-order valence-corrected chi connectivity index (χ0v) is 12.5. The van der Waals surface area contributed by atoms with Crippen LogP contribution in [0.1, 0.15) is 32.5 Å². The molecule has 0 fully saturated rings. The lowest BCUT2D eigenvalue weighted by molar-refractivity contribution is 0.219. The summed E-state index contributed by atoms with van der Waals surface area (Å²) < 4.78 is 0.996. The minimum Gasteiger partial charge on any atom is -0.384 e. The average Bonchev–Trinajstić information content (AvgIpc) is 2.61. The molecule has 2 aromatic rings. The van der Waals surface area contributed by atoms with E-state index in [4.69, 9.17) is 0 Å². The Labute approximate surface area is 114 Å². The van der Waals surface area contributed by atoms with Crippen LogP contribution in [0.3, 0.4) is 0 Å². The molecule has 90 valence electrons. The normalized spacial score (nSPS) is 12.8. The fraction of sp³-hybridized carbons (Fsp3) is 0.286. The Morgan fingerprint density at radius 3 is 2.47 bits per heavy atom. The van der Waals surface area contributed by atoms with E-state index in [0.717, 1.165) is 21.2 Å². The number of rotatable bonds is 2. The van der Waals surface area contributed by atoms with Crippen molar-refractivity contribution in [1.82, 2.24) is 0 Å². The Hall–Kier alpha value is -0.640. The lowest BCUT2D eigenvalue weighted by atomic mass is 10.0. The second kappa shape index (κ2) is 4.92. The van der Waals surface area contributed by atoms with E-state index in [1.807, 2.05) is 25.1 Å². The first-order valence-corrected chi connectivity index (χ1v) is 7.11. The summed E-state index contributed by atoms with van der Waals surface area (Å²) in [6.45, 7) is 6.16. The highest BCUT2D eigenvalue weighted by atomic mass is 79.9. The first kappa shape index (κ1) is 12.8. The van der Waals surface area contributed by atoms with Crippen molar-refractivity contribution in [3.05, 3.63) is 55.2 Å². The van der Waals surface area contributed by atoms with Gasteiger partial charge in [-0.3, -0.25) is 0 Å². The Morgan fingerprint density at radius 1 is 1.18 bits per heavy atom. The third kappa shape index (κ3) is 2.46. The molecule has 3 heteroatoms. The summed E-state index contributed by atoms with van der Waals surface area (Å²) in [6, 6.07) is 8.05. The molecule has 17 heavy (non-hydrogen) atoms. The zero-order valence-electron chi connectivity index (χ0n) is 10.1. The Bertz CT molecular complexity index is 545. The maximum atomic E-state index is 10.5. The number of aliphatic hydroxyl groups is 1. The van der Waals surface area contributed by atoms with E-state index in [-0.39, 0.29) is 0 Å². The molecule has 0 aliphatic heterocycles. The summed E-state index contributed by atoms with van der Waals surface area (Å²) >= 11 is 5.28. The van der Waals surface area contributed by atoms with Crippen LogP contribution in [0.5, 0.6) is 0 Å². The van der Waals surface area contributed by atoms with E-state index in [9.17, 15) is 5.11 Å². The molecule has 0 aliphatic rings. The molecule has 0 bridgehead atoms. The van der Waals surface area contributed by atoms with Gasteiger partial charge in [-0.05, 0) is 43.5 Å². The van der Waals surface area contributed by atoms with Crippen molar-refractivity contribution >= 4 is 27.3 Å². The molecule has 1 atom stereocenters. The van der Waals surface area contributed by atoms with Crippen molar-refractivity contribution in [3.63, 3.8) is 0 Å². The molecular formula is C14H15BrOS. The van der Waals surface area contributed by atoms with Crippen LogP contribution in [0.15, 0.2) is 28.7 Å². The largest absolute Gasteiger partial charge is 0.384 e. The van der Waals surface area contributed by atoms with Gasteiger partial charge in [0.2, 0.25) is 0 Å². The SMILES string of the molecule is Cc1cc(C(O)c2cccc(C)c2Br)c(C)s1. The number of hydrogen-bond acceptors (Lipinski definition) is 2. The molecule has 0 spiro atoms. The second-order valence-electron chi connectivity index (χ2n) is 4.25. The number of hydrogen-bond donors (Lipinski definition) is 1. The number of thiophene rings is 1. The fourth-order valence-corrected chi connectivity index (χ4v) is 3.41. The summed E-state index contributed by atoms with van der Waals surface area (Å²) in [4.78, 5) is 2.42. The van der Waals surface area contributed by atoms with E-state index in [1.54, 1.807) is 11.3 Å². The molecule has 1 aromatic carbocycles. The van der Waals surface area contributed by atoms with Gasteiger partial charge in [0.25, 0.3) is 0 Å².